The lowest BCUT2D eigenvalue weighted by atomic mass is 10.1. The first kappa shape index (κ1) is 11.9. The Morgan fingerprint density at radius 3 is 2.53 bits per heavy atom. The fourth-order valence-electron chi connectivity index (χ4n) is 1.32. The summed E-state index contributed by atoms with van der Waals surface area (Å²) < 4.78 is 42.6. The number of aryl methyl sites for hydroxylation is 1. The van der Waals surface area contributed by atoms with E-state index >= 15 is 0 Å². The van der Waals surface area contributed by atoms with Gasteiger partial charge in [0, 0.05) is 0 Å². The fraction of sp³-hybridized carbons (Fsp3) is 0.200. The van der Waals surface area contributed by atoms with Crippen LogP contribution in [0.4, 0.5) is 13.2 Å². The van der Waals surface area contributed by atoms with Gasteiger partial charge in [0.25, 0.3) is 5.89 Å². The molecule has 0 amide bonds. The van der Waals surface area contributed by atoms with Gasteiger partial charge in [0.05, 0.1) is 16.1 Å². The molecular weight excluding hydrogens is 257 g/mol. The minimum absolute atomic E-state index is 0.0291. The SMILES string of the molecule is Cc1noc(-c2cccc(C(F)(F)F)c2Cl)n1. The Morgan fingerprint density at radius 1 is 1.29 bits per heavy atom. The predicted molar refractivity (Wildman–Crippen MR) is 54.5 cm³/mol. The molecule has 0 radical (unpaired) electrons. The second kappa shape index (κ2) is 4.03. The van der Waals surface area contributed by atoms with Gasteiger partial charge in [-0.1, -0.05) is 22.8 Å². The molecule has 1 heterocycles. The molecule has 0 fully saturated rings. The monoisotopic (exact) mass is 262 g/mol. The number of benzene rings is 1. The summed E-state index contributed by atoms with van der Waals surface area (Å²) in [4.78, 5) is 3.84. The first-order valence-corrected chi connectivity index (χ1v) is 4.94. The van der Waals surface area contributed by atoms with E-state index in [1.807, 2.05) is 0 Å². The molecule has 1 aromatic carbocycles. The van der Waals surface area contributed by atoms with Crippen LogP contribution < -0.4 is 0 Å². The quantitative estimate of drug-likeness (QED) is 0.786. The molecule has 0 atom stereocenters. The zero-order valence-corrected chi connectivity index (χ0v) is 9.30. The molecule has 90 valence electrons. The summed E-state index contributed by atoms with van der Waals surface area (Å²) in [6.07, 6.45) is -4.51. The van der Waals surface area contributed by atoms with Gasteiger partial charge in [0.2, 0.25) is 0 Å². The zero-order chi connectivity index (χ0) is 12.6. The van der Waals surface area contributed by atoms with Crippen LogP contribution in [-0.4, -0.2) is 10.1 Å². The topological polar surface area (TPSA) is 38.9 Å². The standard InChI is InChI=1S/C10H6ClF3N2O/c1-5-15-9(17-16-5)6-3-2-4-7(8(6)11)10(12,13)14/h2-4H,1H3. The normalized spacial score (nSPS) is 11.8. The third-order valence-electron chi connectivity index (χ3n) is 2.06. The molecule has 7 heteroatoms. The van der Waals surface area contributed by atoms with E-state index in [9.17, 15) is 13.2 Å². The Hall–Kier alpha value is -1.56. The van der Waals surface area contributed by atoms with Gasteiger partial charge in [0.15, 0.2) is 5.82 Å². The Bertz CT molecular complexity index is 551. The lowest BCUT2D eigenvalue weighted by Gasteiger charge is -2.09. The Morgan fingerprint density at radius 2 is 2.00 bits per heavy atom. The van der Waals surface area contributed by atoms with Gasteiger partial charge in [-0.15, -0.1) is 0 Å². The molecule has 17 heavy (non-hydrogen) atoms. The summed E-state index contributed by atoms with van der Waals surface area (Å²) in [6.45, 7) is 1.56. The first-order valence-electron chi connectivity index (χ1n) is 4.56. The number of aromatic nitrogens is 2. The summed E-state index contributed by atoms with van der Waals surface area (Å²) in [5.74, 6) is 0.298. The van der Waals surface area contributed by atoms with Crippen LogP contribution in [0.15, 0.2) is 22.7 Å². The molecule has 0 unspecified atom stereocenters. The maximum atomic E-state index is 12.6. The second-order valence-electron chi connectivity index (χ2n) is 3.31. The third-order valence-corrected chi connectivity index (χ3v) is 2.47. The van der Waals surface area contributed by atoms with Crippen molar-refractivity contribution in [2.24, 2.45) is 0 Å². The first-order chi connectivity index (χ1) is 7.89. The van der Waals surface area contributed by atoms with Crippen LogP contribution in [0.2, 0.25) is 5.02 Å². The maximum Gasteiger partial charge on any atom is 0.417 e. The van der Waals surface area contributed by atoms with Gasteiger partial charge in [-0.25, -0.2) is 0 Å². The van der Waals surface area contributed by atoms with Crippen LogP contribution in [0.1, 0.15) is 11.4 Å². The Labute approximate surface area is 99.2 Å². The average Bonchev–Trinajstić information content (AvgIpc) is 2.63. The summed E-state index contributed by atoms with van der Waals surface area (Å²) in [6, 6.07) is 3.53. The molecule has 0 aliphatic carbocycles. The fourth-order valence-corrected chi connectivity index (χ4v) is 1.64. The van der Waals surface area contributed by atoms with Gasteiger partial charge in [-0.3, -0.25) is 0 Å². The highest BCUT2D eigenvalue weighted by atomic mass is 35.5. The Kier molecular flexibility index (Phi) is 2.82. The highest BCUT2D eigenvalue weighted by Gasteiger charge is 2.34. The van der Waals surface area contributed by atoms with E-state index in [0.717, 1.165) is 6.07 Å². The van der Waals surface area contributed by atoms with Gasteiger partial charge < -0.3 is 4.52 Å². The molecule has 0 aliphatic rings. The Balaban J connectivity index is 2.57. The lowest BCUT2D eigenvalue weighted by molar-refractivity contribution is -0.137. The highest BCUT2D eigenvalue weighted by Crippen LogP contribution is 2.39. The van der Waals surface area contributed by atoms with Crippen molar-refractivity contribution in [1.29, 1.82) is 0 Å². The van der Waals surface area contributed by atoms with Gasteiger partial charge in [0.1, 0.15) is 0 Å². The van der Waals surface area contributed by atoms with E-state index in [1.54, 1.807) is 6.92 Å². The van der Waals surface area contributed by atoms with Crippen molar-refractivity contribution in [3.05, 3.63) is 34.6 Å². The van der Waals surface area contributed by atoms with Crippen LogP contribution >= 0.6 is 11.6 Å². The lowest BCUT2D eigenvalue weighted by Crippen LogP contribution is -2.06. The molecule has 2 aromatic rings. The predicted octanol–water partition coefficient (Wildman–Crippen LogP) is 3.72. The molecular formula is C10H6ClF3N2O. The number of nitrogens with zero attached hydrogens (tertiary/aromatic N) is 2. The molecule has 0 saturated heterocycles. The molecule has 0 saturated carbocycles. The summed E-state index contributed by atoms with van der Waals surface area (Å²) in [5, 5.41) is 3.06. The molecule has 0 bridgehead atoms. The van der Waals surface area contributed by atoms with Crippen LogP contribution in [0, 0.1) is 6.92 Å². The summed E-state index contributed by atoms with van der Waals surface area (Å²) in [5.41, 5.74) is -0.852. The molecule has 0 N–H and O–H groups in total. The van der Waals surface area contributed by atoms with E-state index in [1.165, 1.54) is 12.1 Å². The molecule has 2 rings (SSSR count). The van der Waals surface area contributed by atoms with E-state index < -0.39 is 16.8 Å². The van der Waals surface area contributed by atoms with Crippen molar-refractivity contribution < 1.29 is 17.7 Å². The molecule has 1 aromatic heterocycles. The molecule has 0 spiro atoms. The molecule has 0 aliphatic heterocycles. The van der Waals surface area contributed by atoms with Crippen molar-refractivity contribution in [1.82, 2.24) is 10.1 Å². The smallest absolute Gasteiger partial charge is 0.334 e. The van der Waals surface area contributed by atoms with Crippen LogP contribution in [0.25, 0.3) is 11.5 Å². The summed E-state index contributed by atoms with van der Waals surface area (Å²) >= 11 is 5.69. The van der Waals surface area contributed by atoms with E-state index in [0.29, 0.717) is 5.82 Å². The number of hydrogen-bond acceptors (Lipinski definition) is 3. The van der Waals surface area contributed by atoms with Crippen molar-refractivity contribution in [3.63, 3.8) is 0 Å². The zero-order valence-electron chi connectivity index (χ0n) is 8.55. The van der Waals surface area contributed by atoms with Gasteiger partial charge >= 0.3 is 6.18 Å². The number of rotatable bonds is 1. The third kappa shape index (κ3) is 2.26. The molecule has 3 nitrogen and oxygen atoms in total. The van der Waals surface area contributed by atoms with Crippen molar-refractivity contribution in [2.45, 2.75) is 13.1 Å². The van der Waals surface area contributed by atoms with Crippen LogP contribution in [0.5, 0.6) is 0 Å². The highest BCUT2D eigenvalue weighted by molar-refractivity contribution is 6.34. The van der Waals surface area contributed by atoms with E-state index in [2.05, 4.69) is 10.1 Å². The number of hydrogen-bond donors (Lipinski definition) is 0. The van der Waals surface area contributed by atoms with Crippen LogP contribution in [-0.2, 0) is 6.18 Å². The van der Waals surface area contributed by atoms with Crippen molar-refractivity contribution >= 4 is 11.6 Å². The minimum atomic E-state index is -4.51. The van der Waals surface area contributed by atoms with E-state index in [-0.39, 0.29) is 11.5 Å². The van der Waals surface area contributed by atoms with Gasteiger partial charge in [-0.05, 0) is 19.1 Å². The van der Waals surface area contributed by atoms with E-state index in [4.69, 9.17) is 16.1 Å². The van der Waals surface area contributed by atoms with Crippen molar-refractivity contribution in [2.75, 3.05) is 0 Å². The van der Waals surface area contributed by atoms with Crippen LogP contribution in [0.3, 0.4) is 0 Å². The van der Waals surface area contributed by atoms with Crippen molar-refractivity contribution in [3.8, 4) is 11.5 Å². The van der Waals surface area contributed by atoms with Gasteiger partial charge in [-0.2, -0.15) is 18.2 Å². The number of halogens is 4. The minimum Gasteiger partial charge on any atom is -0.334 e. The summed E-state index contributed by atoms with van der Waals surface area (Å²) in [7, 11) is 0. The largest absolute Gasteiger partial charge is 0.417 e. The second-order valence-corrected chi connectivity index (χ2v) is 3.69. The maximum absolute atomic E-state index is 12.6. The number of alkyl halides is 3. The average molecular weight is 263 g/mol.